The van der Waals surface area contributed by atoms with Gasteiger partial charge in [-0.2, -0.15) is 0 Å². The number of sulfonamides is 1. The molecule has 3 amide bonds. The lowest BCUT2D eigenvalue weighted by Crippen LogP contribution is -2.36. The fourth-order valence-corrected chi connectivity index (χ4v) is 4.90. The lowest BCUT2D eigenvalue weighted by Gasteiger charge is -2.23. The van der Waals surface area contributed by atoms with Crippen LogP contribution < -0.4 is 14.8 Å². The molecular formula is C21H30FN3O6S. The number of aliphatic hydroxyl groups is 1. The van der Waals surface area contributed by atoms with Gasteiger partial charge >= 0.3 is 6.03 Å². The SMILES string of the molecule is CC(O)C(NS(=O)(=O)CCCCCN1CC(=O)NC1=O)c1cc(F)cc(OCC2CC2)c1. The van der Waals surface area contributed by atoms with Gasteiger partial charge in [0.25, 0.3) is 0 Å². The number of rotatable bonds is 13. The van der Waals surface area contributed by atoms with Crippen molar-refractivity contribution in [3.63, 3.8) is 0 Å². The third-order valence-electron chi connectivity index (χ3n) is 5.43. The molecule has 0 bridgehead atoms. The maximum atomic E-state index is 14.1. The molecule has 2 atom stereocenters. The summed E-state index contributed by atoms with van der Waals surface area (Å²) in [7, 11) is -3.75. The fraction of sp³-hybridized carbons (Fsp3) is 0.619. The first-order chi connectivity index (χ1) is 15.1. The van der Waals surface area contributed by atoms with Gasteiger partial charge in [-0.05, 0) is 56.2 Å². The summed E-state index contributed by atoms with van der Waals surface area (Å²) < 4.78 is 47.3. The second-order valence-electron chi connectivity index (χ2n) is 8.47. The lowest BCUT2D eigenvalue weighted by atomic mass is 10.0. The van der Waals surface area contributed by atoms with Crippen LogP contribution in [-0.2, 0) is 14.8 Å². The van der Waals surface area contributed by atoms with E-state index < -0.39 is 34.0 Å². The van der Waals surface area contributed by atoms with Crippen molar-refractivity contribution in [3.8, 4) is 5.75 Å². The standard InChI is InChI=1S/C21H30FN3O6S/c1-14(26)20(16-9-17(22)11-18(10-16)31-13-15-5-6-15)24-32(29,30)8-4-2-3-7-25-12-19(27)23-21(25)28/h9-11,14-15,20,24,26H,2-8,12-13H2,1H3,(H,23,27,28). The zero-order valence-electron chi connectivity index (χ0n) is 18.0. The van der Waals surface area contributed by atoms with Gasteiger partial charge in [-0.3, -0.25) is 10.1 Å². The van der Waals surface area contributed by atoms with Gasteiger partial charge in [-0.25, -0.2) is 22.3 Å². The van der Waals surface area contributed by atoms with Crippen molar-refractivity contribution in [3.05, 3.63) is 29.6 Å². The molecule has 1 aromatic rings. The number of hydrogen-bond acceptors (Lipinski definition) is 6. The summed E-state index contributed by atoms with van der Waals surface area (Å²) >= 11 is 0. The van der Waals surface area contributed by atoms with Gasteiger partial charge in [-0.15, -0.1) is 0 Å². The van der Waals surface area contributed by atoms with Crippen LogP contribution in [0.3, 0.4) is 0 Å². The first-order valence-corrected chi connectivity index (χ1v) is 12.5. The number of halogens is 1. The average molecular weight is 472 g/mol. The molecule has 9 nitrogen and oxygen atoms in total. The Morgan fingerprint density at radius 2 is 2.00 bits per heavy atom. The van der Waals surface area contributed by atoms with E-state index in [2.05, 4.69) is 10.0 Å². The summed E-state index contributed by atoms with van der Waals surface area (Å²) in [6, 6.07) is 2.53. The number of nitrogens with zero attached hydrogens (tertiary/aromatic N) is 1. The largest absolute Gasteiger partial charge is 0.493 e. The summed E-state index contributed by atoms with van der Waals surface area (Å²) in [4.78, 5) is 24.0. The smallest absolute Gasteiger partial charge is 0.324 e. The van der Waals surface area contributed by atoms with Crippen LogP contribution in [0.4, 0.5) is 9.18 Å². The van der Waals surface area contributed by atoms with E-state index >= 15 is 0 Å². The van der Waals surface area contributed by atoms with Crippen LogP contribution in [0.25, 0.3) is 0 Å². The number of benzene rings is 1. The average Bonchev–Trinajstić information content (AvgIpc) is 3.47. The van der Waals surface area contributed by atoms with Crippen LogP contribution in [0, 0.1) is 11.7 Å². The van der Waals surface area contributed by atoms with Crippen molar-refractivity contribution in [1.82, 2.24) is 14.9 Å². The molecule has 3 N–H and O–H groups in total. The number of aliphatic hydroxyl groups excluding tert-OH is 1. The van der Waals surface area contributed by atoms with E-state index in [0.717, 1.165) is 12.8 Å². The molecule has 1 aliphatic heterocycles. The van der Waals surface area contributed by atoms with Gasteiger partial charge in [0.15, 0.2) is 0 Å². The maximum Gasteiger partial charge on any atom is 0.324 e. The Hall–Kier alpha value is -2.24. The zero-order valence-corrected chi connectivity index (χ0v) is 18.9. The number of urea groups is 1. The fourth-order valence-electron chi connectivity index (χ4n) is 3.48. The van der Waals surface area contributed by atoms with Crippen LogP contribution in [-0.4, -0.2) is 61.9 Å². The Labute approximate surface area is 187 Å². The number of ether oxygens (including phenoxy) is 1. The molecule has 3 rings (SSSR count). The van der Waals surface area contributed by atoms with E-state index in [-0.39, 0.29) is 18.2 Å². The van der Waals surface area contributed by atoms with E-state index in [1.807, 2.05) is 0 Å². The Balaban J connectivity index is 1.51. The maximum absolute atomic E-state index is 14.1. The highest BCUT2D eigenvalue weighted by atomic mass is 32.2. The quantitative estimate of drug-likeness (QED) is 0.297. The number of imide groups is 1. The minimum atomic E-state index is -3.75. The second-order valence-corrected chi connectivity index (χ2v) is 10.3. The van der Waals surface area contributed by atoms with Gasteiger partial charge in [-0.1, -0.05) is 6.42 Å². The molecule has 1 aliphatic carbocycles. The molecule has 2 unspecified atom stereocenters. The van der Waals surface area contributed by atoms with Crippen LogP contribution in [0.5, 0.6) is 5.75 Å². The third kappa shape index (κ3) is 7.42. The van der Waals surface area contributed by atoms with Crippen LogP contribution >= 0.6 is 0 Å². The summed E-state index contributed by atoms with van der Waals surface area (Å²) in [6.45, 7) is 2.31. The van der Waals surface area contributed by atoms with Crippen molar-refractivity contribution in [2.24, 2.45) is 5.92 Å². The molecule has 0 radical (unpaired) electrons. The Morgan fingerprint density at radius 1 is 1.25 bits per heavy atom. The molecule has 1 saturated carbocycles. The molecule has 178 valence electrons. The second kappa shape index (κ2) is 10.6. The van der Waals surface area contributed by atoms with Crippen LogP contribution in [0.15, 0.2) is 18.2 Å². The van der Waals surface area contributed by atoms with E-state index in [1.54, 1.807) is 6.07 Å². The number of nitrogens with one attached hydrogen (secondary N) is 2. The van der Waals surface area contributed by atoms with Crippen molar-refractivity contribution < 1.29 is 32.2 Å². The summed E-state index contributed by atoms with van der Waals surface area (Å²) in [5.41, 5.74) is 0.291. The topological polar surface area (TPSA) is 125 Å². The summed E-state index contributed by atoms with van der Waals surface area (Å²) in [5, 5.41) is 12.3. The molecule has 0 spiro atoms. The number of amides is 3. The number of unbranched alkanes of at least 4 members (excludes halogenated alkanes) is 2. The van der Waals surface area contributed by atoms with Gasteiger partial charge in [0.05, 0.1) is 24.5 Å². The van der Waals surface area contributed by atoms with Crippen molar-refractivity contribution in [2.75, 3.05) is 25.4 Å². The predicted octanol–water partition coefficient (Wildman–Crippen LogP) is 1.68. The normalized spacial score (nSPS) is 18.5. The van der Waals surface area contributed by atoms with E-state index in [1.165, 1.54) is 24.0 Å². The highest BCUT2D eigenvalue weighted by Gasteiger charge is 2.27. The van der Waals surface area contributed by atoms with E-state index in [0.29, 0.717) is 49.6 Å². The summed E-state index contributed by atoms with van der Waals surface area (Å²) in [6.07, 6.45) is 2.51. The molecular weight excluding hydrogens is 441 g/mol. The van der Waals surface area contributed by atoms with Gasteiger partial charge in [0, 0.05) is 12.6 Å². The molecule has 2 fully saturated rings. The van der Waals surface area contributed by atoms with Crippen molar-refractivity contribution in [1.29, 1.82) is 0 Å². The summed E-state index contributed by atoms with van der Waals surface area (Å²) in [5.74, 6) is -0.303. The van der Waals surface area contributed by atoms with E-state index in [4.69, 9.17) is 4.74 Å². The minimum Gasteiger partial charge on any atom is -0.493 e. The monoisotopic (exact) mass is 471 g/mol. The molecule has 1 saturated heterocycles. The lowest BCUT2D eigenvalue weighted by molar-refractivity contribution is -0.118. The first kappa shape index (κ1) is 24.4. The Morgan fingerprint density at radius 3 is 2.62 bits per heavy atom. The highest BCUT2D eigenvalue weighted by Crippen LogP contribution is 2.31. The van der Waals surface area contributed by atoms with Crippen LogP contribution in [0.1, 0.15) is 50.6 Å². The predicted molar refractivity (Wildman–Crippen MR) is 115 cm³/mol. The number of carbonyl (C=O) groups is 2. The molecule has 1 heterocycles. The molecule has 11 heteroatoms. The first-order valence-electron chi connectivity index (χ1n) is 10.8. The zero-order chi connectivity index (χ0) is 23.3. The third-order valence-corrected chi connectivity index (χ3v) is 6.87. The van der Waals surface area contributed by atoms with Crippen LogP contribution in [0.2, 0.25) is 0 Å². The molecule has 0 aromatic heterocycles. The highest BCUT2D eigenvalue weighted by molar-refractivity contribution is 7.89. The molecule has 32 heavy (non-hydrogen) atoms. The van der Waals surface area contributed by atoms with Crippen molar-refractivity contribution in [2.45, 2.75) is 51.2 Å². The molecule has 2 aliphatic rings. The minimum absolute atomic E-state index is 0.0226. The number of hydrogen-bond donors (Lipinski definition) is 3. The molecule has 1 aromatic carbocycles. The van der Waals surface area contributed by atoms with Gasteiger partial charge in [0.1, 0.15) is 18.1 Å². The van der Waals surface area contributed by atoms with Crippen molar-refractivity contribution >= 4 is 22.0 Å². The van der Waals surface area contributed by atoms with E-state index in [9.17, 15) is 27.5 Å². The van der Waals surface area contributed by atoms with Gasteiger partial charge < -0.3 is 14.7 Å². The van der Waals surface area contributed by atoms with Gasteiger partial charge in [0.2, 0.25) is 15.9 Å². The Bertz CT molecular complexity index is 935. The Kier molecular flexibility index (Phi) is 8.07. The number of carbonyl (C=O) groups excluding carboxylic acids is 2.